The van der Waals surface area contributed by atoms with Gasteiger partial charge in [0, 0.05) is 16.9 Å². The van der Waals surface area contributed by atoms with Crippen LogP contribution in [0.3, 0.4) is 0 Å². The van der Waals surface area contributed by atoms with Crippen molar-refractivity contribution in [3.63, 3.8) is 0 Å². The first-order valence-electron chi connectivity index (χ1n) is 10.4. The summed E-state index contributed by atoms with van der Waals surface area (Å²) in [6.07, 6.45) is 2.36. The Hall–Kier alpha value is -2.96. The van der Waals surface area contributed by atoms with Crippen LogP contribution in [-0.4, -0.2) is 36.2 Å². The van der Waals surface area contributed by atoms with E-state index in [4.69, 9.17) is 0 Å². The fourth-order valence-corrected chi connectivity index (χ4v) is 4.82. The van der Waals surface area contributed by atoms with Gasteiger partial charge in [-0.05, 0) is 25.0 Å². The van der Waals surface area contributed by atoms with Crippen molar-refractivity contribution in [2.45, 2.75) is 25.4 Å². The molecule has 3 aromatic carbocycles. The molecule has 0 aromatic heterocycles. The van der Waals surface area contributed by atoms with E-state index in [-0.39, 0.29) is 24.3 Å². The minimum atomic E-state index is -4.24. The Morgan fingerprint density at radius 2 is 1.45 bits per heavy atom. The Morgan fingerprint density at radius 3 is 2.06 bits per heavy atom. The molecule has 0 spiro atoms. The van der Waals surface area contributed by atoms with Crippen LogP contribution in [0.1, 0.15) is 35.2 Å². The van der Waals surface area contributed by atoms with Gasteiger partial charge in [-0.1, -0.05) is 78.9 Å². The largest absolute Gasteiger partial charge is 0.748 e. The summed E-state index contributed by atoms with van der Waals surface area (Å²) >= 11 is 0. The first-order valence-corrected chi connectivity index (χ1v) is 12.0. The van der Waals surface area contributed by atoms with Crippen molar-refractivity contribution >= 4 is 22.1 Å². The Labute approximate surface area is 184 Å². The van der Waals surface area contributed by atoms with Gasteiger partial charge in [-0.2, -0.15) is 0 Å². The molecule has 6 heteroatoms. The van der Waals surface area contributed by atoms with Crippen molar-refractivity contribution in [3.8, 4) is 0 Å². The van der Waals surface area contributed by atoms with E-state index in [0.29, 0.717) is 6.54 Å². The molecule has 0 N–H and O–H groups in total. The van der Waals surface area contributed by atoms with Crippen molar-refractivity contribution in [2.24, 2.45) is 0 Å². The molecule has 1 aliphatic heterocycles. The molecule has 160 valence electrons. The second-order valence-corrected chi connectivity index (χ2v) is 9.40. The van der Waals surface area contributed by atoms with Gasteiger partial charge in [-0.15, -0.1) is 0 Å². The summed E-state index contributed by atoms with van der Waals surface area (Å²) < 4.78 is 35.7. The summed E-state index contributed by atoms with van der Waals surface area (Å²) in [5.41, 5.74) is 4.59. The number of benzene rings is 3. The summed E-state index contributed by atoms with van der Waals surface area (Å²) in [4.78, 5) is 2.27. The Kier molecular flexibility index (Phi) is 6.20. The van der Waals surface area contributed by atoms with E-state index < -0.39 is 10.1 Å². The molecule has 0 saturated carbocycles. The third kappa shape index (κ3) is 4.86. The van der Waals surface area contributed by atoms with Gasteiger partial charge in [-0.25, -0.2) is 13.3 Å². The van der Waals surface area contributed by atoms with E-state index in [2.05, 4.69) is 59.1 Å². The average Bonchev–Trinajstić information content (AvgIpc) is 3.13. The van der Waals surface area contributed by atoms with Crippen LogP contribution < -0.4 is 4.90 Å². The third-order valence-corrected chi connectivity index (χ3v) is 6.50. The summed E-state index contributed by atoms with van der Waals surface area (Å²) in [6.45, 7) is 2.57. The van der Waals surface area contributed by atoms with Gasteiger partial charge in [0.05, 0.1) is 16.7 Å². The van der Waals surface area contributed by atoms with Crippen LogP contribution in [-0.2, 0) is 10.1 Å². The van der Waals surface area contributed by atoms with Crippen LogP contribution in [0.25, 0.3) is 0 Å². The maximum absolute atomic E-state index is 11.2. The fourth-order valence-electron chi connectivity index (χ4n) is 4.34. The van der Waals surface area contributed by atoms with Crippen molar-refractivity contribution in [3.05, 3.63) is 102 Å². The lowest BCUT2D eigenvalue weighted by molar-refractivity contribution is -0.563. The van der Waals surface area contributed by atoms with Gasteiger partial charge >= 0.3 is 0 Å². The zero-order valence-electron chi connectivity index (χ0n) is 17.5. The third-order valence-electron chi connectivity index (χ3n) is 5.72. The summed E-state index contributed by atoms with van der Waals surface area (Å²) in [6, 6.07) is 28.8. The summed E-state index contributed by atoms with van der Waals surface area (Å²) in [7, 11) is -4.24. The standard InChI is InChI=1S/C25H26N2O3S/c1-20-11-8-9-16-23(20)27-19-26(17-10-18-31(28,29)30)24(21-12-4-2-5-13-21)25(27)22-14-6-3-7-15-22/h2-9,11-16,19,24-25H,10,17-18H2,1H3/t24-,25-/m1/s1. The highest BCUT2D eigenvalue weighted by molar-refractivity contribution is 7.85. The van der Waals surface area contributed by atoms with E-state index in [1.807, 2.05) is 48.5 Å². The smallest absolute Gasteiger partial charge is 0.240 e. The highest BCUT2D eigenvalue weighted by Crippen LogP contribution is 2.43. The van der Waals surface area contributed by atoms with E-state index in [9.17, 15) is 13.0 Å². The number of anilines is 1. The molecular formula is C25H26N2O3S. The van der Waals surface area contributed by atoms with Gasteiger partial charge in [0.25, 0.3) is 0 Å². The maximum Gasteiger partial charge on any atom is 0.240 e. The van der Waals surface area contributed by atoms with E-state index in [1.165, 1.54) is 5.56 Å². The molecule has 1 heterocycles. The Bertz CT molecular complexity index is 1160. The first-order chi connectivity index (χ1) is 14.9. The molecule has 5 nitrogen and oxygen atoms in total. The van der Waals surface area contributed by atoms with Crippen molar-refractivity contribution < 1.29 is 17.5 Å². The predicted octanol–water partition coefficient (Wildman–Crippen LogP) is 4.27. The maximum atomic E-state index is 11.2. The normalized spacial score (nSPS) is 18.8. The van der Waals surface area contributed by atoms with Gasteiger partial charge < -0.3 is 4.55 Å². The lowest BCUT2D eigenvalue weighted by Gasteiger charge is -2.25. The molecule has 4 rings (SSSR count). The topological polar surface area (TPSA) is 63.5 Å². The summed E-state index contributed by atoms with van der Waals surface area (Å²) in [5.74, 6) is -0.362. The number of aryl methyl sites for hydroxylation is 1. The minimum Gasteiger partial charge on any atom is -0.748 e. The molecule has 0 bridgehead atoms. The average molecular weight is 435 g/mol. The zero-order chi connectivity index (χ0) is 21.8. The molecule has 3 aromatic rings. The fraction of sp³-hybridized carbons (Fsp3) is 0.240. The Morgan fingerprint density at radius 1 is 0.871 bits per heavy atom. The van der Waals surface area contributed by atoms with Crippen LogP contribution >= 0.6 is 0 Å². The van der Waals surface area contributed by atoms with Crippen LogP contribution in [0.2, 0.25) is 0 Å². The molecule has 2 atom stereocenters. The molecule has 0 amide bonds. The SMILES string of the molecule is Cc1ccccc1N1C=[N+](CCCS(=O)(=O)[O-])[C@H](c2ccccc2)[C@H]1c1ccccc1. The zero-order valence-corrected chi connectivity index (χ0v) is 18.3. The highest BCUT2D eigenvalue weighted by Gasteiger charge is 2.45. The second kappa shape index (κ2) is 9.04. The number of hydrogen-bond acceptors (Lipinski definition) is 4. The first kappa shape index (κ1) is 21.3. The highest BCUT2D eigenvalue weighted by atomic mass is 32.2. The number of nitrogens with zero attached hydrogens (tertiary/aromatic N) is 2. The predicted molar refractivity (Wildman–Crippen MR) is 122 cm³/mol. The molecular weight excluding hydrogens is 408 g/mol. The van der Waals surface area contributed by atoms with Gasteiger partial charge in [0.1, 0.15) is 5.69 Å². The molecule has 0 unspecified atom stereocenters. The molecule has 1 aliphatic rings. The van der Waals surface area contributed by atoms with Crippen LogP contribution in [0.5, 0.6) is 0 Å². The number of hydrogen-bond donors (Lipinski definition) is 0. The minimum absolute atomic E-state index is 0.00792. The second-order valence-electron chi connectivity index (χ2n) is 7.87. The number of para-hydroxylation sites is 1. The molecule has 31 heavy (non-hydrogen) atoms. The quantitative estimate of drug-likeness (QED) is 0.411. The summed E-state index contributed by atoms with van der Waals surface area (Å²) in [5, 5.41) is 0. The lowest BCUT2D eigenvalue weighted by Crippen LogP contribution is -2.27. The van der Waals surface area contributed by atoms with Crippen LogP contribution in [0.4, 0.5) is 5.69 Å². The molecule has 0 aliphatic carbocycles. The van der Waals surface area contributed by atoms with Crippen molar-refractivity contribution in [1.29, 1.82) is 0 Å². The van der Waals surface area contributed by atoms with Crippen molar-refractivity contribution in [1.82, 2.24) is 0 Å². The molecule has 0 saturated heterocycles. The lowest BCUT2D eigenvalue weighted by atomic mass is 9.92. The monoisotopic (exact) mass is 434 g/mol. The number of rotatable bonds is 7. The molecule has 0 radical (unpaired) electrons. The Balaban J connectivity index is 1.81. The van der Waals surface area contributed by atoms with E-state index >= 15 is 0 Å². The van der Waals surface area contributed by atoms with E-state index in [0.717, 1.165) is 16.8 Å². The van der Waals surface area contributed by atoms with Crippen LogP contribution in [0, 0.1) is 6.92 Å². The van der Waals surface area contributed by atoms with Gasteiger partial charge in [0.15, 0.2) is 12.1 Å². The van der Waals surface area contributed by atoms with Crippen molar-refractivity contribution in [2.75, 3.05) is 17.2 Å². The molecule has 0 fully saturated rings. The van der Waals surface area contributed by atoms with Gasteiger partial charge in [-0.3, -0.25) is 4.58 Å². The van der Waals surface area contributed by atoms with Crippen LogP contribution in [0.15, 0.2) is 84.9 Å². The van der Waals surface area contributed by atoms with Gasteiger partial charge in [0.2, 0.25) is 6.34 Å². The van der Waals surface area contributed by atoms with E-state index in [1.54, 1.807) is 0 Å².